The minimum Gasteiger partial charge on any atom is -0.295 e. The van der Waals surface area contributed by atoms with Crippen LogP contribution >= 0.6 is 0 Å². The van der Waals surface area contributed by atoms with Crippen LogP contribution in [0.3, 0.4) is 0 Å². The van der Waals surface area contributed by atoms with Crippen molar-refractivity contribution < 1.29 is 8.42 Å². The van der Waals surface area contributed by atoms with Crippen LogP contribution in [-0.2, 0) is 10.2 Å². The third-order valence-electron chi connectivity index (χ3n) is 4.17. The van der Waals surface area contributed by atoms with Crippen molar-refractivity contribution >= 4 is 10.2 Å². The van der Waals surface area contributed by atoms with Gasteiger partial charge in [-0.2, -0.15) is 18.0 Å². The Bertz CT molecular complexity index is 621. The van der Waals surface area contributed by atoms with Crippen LogP contribution in [0.1, 0.15) is 30.9 Å². The summed E-state index contributed by atoms with van der Waals surface area (Å²) in [6.45, 7) is 2.52. The quantitative estimate of drug-likeness (QED) is 0.780. The third-order valence-corrected chi connectivity index (χ3v) is 5.71. The average molecular weight is 336 g/mol. The molecule has 0 spiro atoms. The smallest absolute Gasteiger partial charge is 0.279 e. The fourth-order valence-electron chi connectivity index (χ4n) is 2.81. The molecule has 1 unspecified atom stereocenters. The van der Waals surface area contributed by atoms with Gasteiger partial charge in [-0.05, 0) is 31.5 Å². The van der Waals surface area contributed by atoms with Crippen LogP contribution in [0.5, 0.6) is 0 Å². The summed E-state index contributed by atoms with van der Waals surface area (Å²) in [5.74, 6) is 0. The number of hydrogen-bond donors (Lipinski definition) is 1. The normalized spacial score (nSPS) is 17.3. The van der Waals surface area contributed by atoms with Gasteiger partial charge in [0.05, 0.1) is 6.07 Å². The van der Waals surface area contributed by atoms with E-state index in [1.165, 1.54) is 11.4 Å². The first-order valence-electron chi connectivity index (χ1n) is 7.91. The fourth-order valence-corrected chi connectivity index (χ4v) is 3.73. The van der Waals surface area contributed by atoms with E-state index in [-0.39, 0.29) is 19.0 Å². The molecule has 1 heterocycles. The summed E-state index contributed by atoms with van der Waals surface area (Å²) < 4.78 is 28.4. The second-order valence-electron chi connectivity index (χ2n) is 5.75. The summed E-state index contributed by atoms with van der Waals surface area (Å²) in [4.78, 5) is 2.33. The van der Waals surface area contributed by atoms with Gasteiger partial charge < -0.3 is 0 Å². The molecule has 1 fully saturated rings. The van der Waals surface area contributed by atoms with Crippen molar-refractivity contribution in [2.75, 3.05) is 33.2 Å². The maximum Gasteiger partial charge on any atom is 0.279 e. The molecule has 0 saturated carbocycles. The van der Waals surface area contributed by atoms with E-state index in [0.29, 0.717) is 6.54 Å². The van der Waals surface area contributed by atoms with Gasteiger partial charge >= 0.3 is 0 Å². The monoisotopic (exact) mass is 336 g/mol. The zero-order valence-corrected chi connectivity index (χ0v) is 14.3. The molecule has 1 aliphatic rings. The summed E-state index contributed by atoms with van der Waals surface area (Å²) in [5, 5.41) is 8.59. The molecule has 23 heavy (non-hydrogen) atoms. The second-order valence-corrected chi connectivity index (χ2v) is 7.61. The lowest BCUT2D eigenvalue weighted by molar-refractivity contribution is 0.245. The predicted molar refractivity (Wildman–Crippen MR) is 89.8 cm³/mol. The zero-order chi connectivity index (χ0) is 16.7. The van der Waals surface area contributed by atoms with Crippen LogP contribution in [0.15, 0.2) is 30.3 Å². The molecule has 6 nitrogen and oxygen atoms in total. The molecular formula is C16H24N4O2S. The van der Waals surface area contributed by atoms with Gasteiger partial charge in [0.1, 0.15) is 0 Å². The Balaban J connectivity index is 2.05. The van der Waals surface area contributed by atoms with E-state index in [0.717, 1.165) is 31.5 Å². The Labute approximate surface area is 138 Å². The van der Waals surface area contributed by atoms with Gasteiger partial charge in [-0.25, -0.2) is 4.72 Å². The highest BCUT2D eigenvalue weighted by atomic mass is 32.2. The standard InChI is InChI=1S/C16H24N4O2S/c1-19(11-7-10-17)23(21,22)18-14-16(20-12-5-6-13-20)15-8-3-2-4-9-15/h2-4,8-9,16,18H,5-7,11-14H2,1H3. The van der Waals surface area contributed by atoms with Gasteiger partial charge in [-0.1, -0.05) is 30.3 Å². The Morgan fingerprint density at radius 1 is 1.30 bits per heavy atom. The maximum atomic E-state index is 12.3. The highest BCUT2D eigenvalue weighted by Crippen LogP contribution is 2.24. The summed E-state index contributed by atoms with van der Waals surface area (Å²) in [6, 6.07) is 12.0. The van der Waals surface area contributed by atoms with Crippen LogP contribution in [0.4, 0.5) is 0 Å². The number of hydrogen-bond acceptors (Lipinski definition) is 4. The summed E-state index contributed by atoms with van der Waals surface area (Å²) in [7, 11) is -2.07. The highest BCUT2D eigenvalue weighted by Gasteiger charge is 2.26. The lowest BCUT2D eigenvalue weighted by Gasteiger charge is -2.29. The Kier molecular flexibility index (Phi) is 6.54. The third kappa shape index (κ3) is 5.01. The van der Waals surface area contributed by atoms with E-state index in [1.807, 2.05) is 36.4 Å². The van der Waals surface area contributed by atoms with Crippen LogP contribution in [0, 0.1) is 11.3 Å². The van der Waals surface area contributed by atoms with E-state index in [1.54, 1.807) is 0 Å². The molecule has 0 bridgehead atoms. The van der Waals surface area contributed by atoms with Gasteiger partial charge in [0, 0.05) is 32.6 Å². The number of nitriles is 1. The van der Waals surface area contributed by atoms with Crippen LogP contribution in [-0.4, -0.2) is 50.8 Å². The van der Waals surface area contributed by atoms with Crippen molar-refractivity contribution in [3.05, 3.63) is 35.9 Å². The molecule has 126 valence electrons. The Morgan fingerprint density at radius 3 is 2.57 bits per heavy atom. The molecule has 7 heteroatoms. The van der Waals surface area contributed by atoms with Crippen LogP contribution in [0.2, 0.25) is 0 Å². The fraction of sp³-hybridized carbons (Fsp3) is 0.562. The van der Waals surface area contributed by atoms with E-state index in [2.05, 4.69) is 9.62 Å². The minimum atomic E-state index is -3.56. The second kappa shape index (κ2) is 8.41. The first-order valence-corrected chi connectivity index (χ1v) is 9.35. The van der Waals surface area contributed by atoms with Crippen molar-refractivity contribution in [3.8, 4) is 6.07 Å². The zero-order valence-electron chi connectivity index (χ0n) is 13.5. The van der Waals surface area contributed by atoms with Crippen molar-refractivity contribution in [2.45, 2.75) is 25.3 Å². The SMILES string of the molecule is CN(CCC#N)S(=O)(=O)NCC(c1ccccc1)N1CCCC1. The summed E-state index contributed by atoms with van der Waals surface area (Å²) >= 11 is 0. The molecule has 1 saturated heterocycles. The molecule has 0 amide bonds. The molecule has 2 rings (SSSR count). The van der Waals surface area contributed by atoms with E-state index in [4.69, 9.17) is 5.26 Å². The van der Waals surface area contributed by atoms with Gasteiger partial charge in [-0.3, -0.25) is 4.90 Å². The predicted octanol–water partition coefficient (Wildman–Crippen LogP) is 1.50. The van der Waals surface area contributed by atoms with E-state index in [9.17, 15) is 8.42 Å². The summed E-state index contributed by atoms with van der Waals surface area (Å²) in [6.07, 6.45) is 2.49. The van der Waals surface area contributed by atoms with Crippen molar-refractivity contribution in [3.63, 3.8) is 0 Å². The molecule has 1 aliphatic heterocycles. The van der Waals surface area contributed by atoms with Crippen molar-refractivity contribution in [1.29, 1.82) is 5.26 Å². The van der Waals surface area contributed by atoms with Gasteiger partial charge in [0.25, 0.3) is 10.2 Å². The Hall–Kier alpha value is -1.46. The molecule has 1 N–H and O–H groups in total. The number of nitrogens with one attached hydrogen (secondary N) is 1. The van der Waals surface area contributed by atoms with E-state index >= 15 is 0 Å². The van der Waals surface area contributed by atoms with E-state index < -0.39 is 10.2 Å². The number of nitrogens with zero attached hydrogens (tertiary/aromatic N) is 3. The van der Waals surface area contributed by atoms with Gasteiger partial charge in [0.15, 0.2) is 0 Å². The van der Waals surface area contributed by atoms with Crippen molar-refractivity contribution in [1.82, 2.24) is 13.9 Å². The van der Waals surface area contributed by atoms with Gasteiger partial charge in [-0.15, -0.1) is 0 Å². The first-order chi connectivity index (χ1) is 11.0. The molecule has 0 aliphatic carbocycles. The number of likely N-dealkylation sites (tertiary alicyclic amines) is 1. The molecule has 1 aromatic rings. The van der Waals surface area contributed by atoms with Crippen molar-refractivity contribution in [2.24, 2.45) is 0 Å². The minimum absolute atomic E-state index is 0.0397. The van der Waals surface area contributed by atoms with Crippen LogP contribution < -0.4 is 4.72 Å². The van der Waals surface area contributed by atoms with Gasteiger partial charge in [0.2, 0.25) is 0 Å². The lowest BCUT2D eigenvalue weighted by atomic mass is 10.1. The maximum absolute atomic E-state index is 12.3. The first kappa shape index (κ1) is 17.9. The summed E-state index contributed by atoms with van der Waals surface area (Å²) in [5.41, 5.74) is 1.12. The number of benzene rings is 1. The largest absolute Gasteiger partial charge is 0.295 e. The number of rotatable bonds is 8. The molecule has 1 aromatic carbocycles. The topological polar surface area (TPSA) is 76.4 Å². The molecule has 1 atom stereocenters. The molecule has 0 aromatic heterocycles. The van der Waals surface area contributed by atoms with Crippen LogP contribution in [0.25, 0.3) is 0 Å². The average Bonchev–Trinajstić information content (AvgIpc) is 3.08. The Morgan fingerprint density at radius 2 is 1.96 bits per heavy atom. The highest BCUT2D eigenvalue weighted by molar-refractivity contribution is 7.87. The lowest BCUT2D eigenvalue weighted by Crippen LogP contribution is -2.43. The molecular weight excluding hydrogens is 312 g/mol. The molecule has 0 radical (unpaired) electrons.